The molecule has 0 aliphatic carbocycles. The standard InChI is InChI=1S/C14H15N7O2/c1-9-16-11(7-23-9)14(22)19(2)10-5-20(6-10)13-4-3-12-17-15-8-21(12)18-13/h3-4,7-8,10H,5-6H2,1-2H3. The number of oxazole rings is 1. The minimum atomic E-state index is -0.131. The van der Waals surface area contributed by atoms with E-state index in [4.69, 9.17) is 4.42 Å². The molecular weight excluding hydrogens is 298 g/mol. The Labute approximate surface area is 131 Å². The summed E-state index contributed by atoms with van der Waals surface area (Å²) in [4.78, 5) is 20.2. The second kappa shape index (κ2) is 5.04. The first-order chi connectivity index (χ1) is 11.1. The molecule has 23 heavy (non-hydrogen) atoms. The van der Waals surface area contributed by atoms with Crippen LogP contribution in [0.2, 0.25) is 0 Å². The van der Waals surface area contributed by atoms with Crippen molar-refractivity contribution in [1.29, 1.82) is 0 Å². The number of aryl methyl sites for hydroxylation is 1. The Balaban J connectivity index is 1.43. The largest absolute Gasteiger partial charge is 0.448 e. The molecule has 0 N–H and O–H groups in total. The number of carbonyl (C=O) groups is 1. The van der Waals surface area contributed by atoms with Gasteiger partial charge < -0.3 is 14.2 Å². The van der Waals surface area contributed by atoms with Gasteiger partial charge in [-0.3, -0.25) is 4.79 Å². The number of hydrogen-bond donors (Lipinski definition) is 0. The third-order valence-electron chi connectivity index (χ3n) is 4.04. The molecule has 0 saturated carbocycles. The van der Waals surface area contributed by atoms with E-state index in [2.05, 4.69) is 25.2 Å². The average molecular weight is 313 g/mol. The molecule has 1 amide bonds. The van der Waals surface area contributed by atoms with Gasteiger partial charge in [-0.2, -0.15) is 4.52 Å². The van der Waals surface area contributed by atoms with Crippen LogP contribution in [0.3, 0.4) is 0 Å². The van der Waals surface area contributed by atoms with Crippen molar-refractivity contribution >= 4 is 17.4 Å². The van der Waals surface area contributed by atoms with Gasteiger partial charge in [0.2, 0.25) is 0 Å². The monoisotopic (exact) mass is 313 g/mol. The van der Waals surface area contributed by atoms with Gasteiger partial charge in [-0.25, -0.2) is 4.98 Å². The first kappa shape index (κ1) is 13.7. The van der Waals surface area contributed by atoms with Crippen LogP contribution in [0.15, 0.2) is 29.1 Å². The molecule has 9 heteroatoms. The molecule has 0 aromatic carbocycles. The molecular formula is C14H15N7O2. The summed E-state index contributed by atoms with van der Waals surface area (Å²) in [7, 11) is 1.78. The van der Waals surface area contributed by atoms with Crippen LogP contribution in [-0.4, -0.2) is 61.8 Å². The topological polar surface area (TPSA) is 92.7 Å². The van der Waals surface area contributed by atoms with Crippen LogP contribution in [-0.2, 0) is 0 Å². The quantitative estimate of drug-likeness (QED) is 0.690. The van der Waals surface area contributed by atoms with E-state index >= 15 is 0 Å². The van der Waals surface area contributed by atoms with Crippen molar-refractivity contribution in [2.75, 3.05) is 25.0 Å². The molecule has 0 spiro atoms. The number of fused-ring (bicyclic) bond motifs is 1. The fourth-order valence-electron chi connectivity index (χ4n) is 2.58. The molecule has 3 aromatic rings. The van der Waals surface area contributed by atoms with Crippen LogP contribution in [0.4, 0.5) is 5.82 Å². The number of nitrogens with zero attached hydrogens (tertiary/aromatic N) is 7. The van der Waals surface area contributed by atoms with E-state index in [0.717, 1.165) is 18.9 Å². The minimum absolute atomic E-state index is 0.123. The maximum atomic E-state index is 12.3. The van der Waals surface area contributed by atoms with E-state index < -0.39 is 0 Å². The van der Waals surface area contributed by atoms with Crippen molar-refractivity contribution in [1.82, 2.24) is 29.7 Å². The Hall–Kier alpha value is -2.97. The summed E-state index contributed by atoms with van der Waals surface area (Å²) >= 11 is 0. The number of anilines is 1. The van der Waals surface area contributed by atoms with Crippen molar-refractivity contribution in [3.05, 3.63) is 36.3 Å². The average Bonchev–Trinajstić information content (AvgIpc) is 3.13. The molecule has 9 nitrogen and oxygen atoms in total. The van der Waals surface area contributed by atoms with E-state index in [1.807, 2.05) is 12.1 Å². The number of aromatic nitrogens is 5. The maximum absolute atomic E-state index is 12.3. The van der Waals surface area contributed by atoms with Crippen LogP contribution >= 0.6 is 0 Å². The van der Waals surface area contributed by atoms with Crippen LogP contribution in [0.1, 0.15) is 16.4 Å². The van der Waals surface area contributed by atoms with Crippen molar-refractivity contribution in [3.8, 4) is 0 Å². The Morgan fingerprint density at radius 3 is 2.96 bits per heavy atom. The highest BCUT2D eigenvalue weighted by molar-refractivity contribution is 5.92. The summed E-state index contributed by atoms with van der Waals surface area (Å²) in [6.45, 7) is 3.16. The lowest BCUT2D eigenvalue weighted by atomic mass is 10.1. The molecule has 4 rings (SSSR count). The highest BCUT2D eigenvalue weighted by Crippen LogP contribution is 2.22. The molecule has 3 aromatic heterocycles. The summed E-state index contributed by atoms with van der Waals surface area (Å²) in [5.74, 6) is 1.20. The molecule has 118 valence electrons. The molecule has 0 unspecified atom stereocenters. The minimum Gasteiger partial charge on any atom is -0.448 e. The van der Waals surface area contributed by atoms with Crippen molar-refractivity contribution < 1.29 is 9.21 Å². The van der Waals surface area contributed by atoms with Crippen LogP contribution in [0.25, 0.3) is 5.65 Å². The first-order valence-corrected chi connectivity index (χ1v) is 7.23. The Morgan fingerprint density at radius 2 is 2.22 bits per heavy atom. The van der Waals surface area contributed by atoms with Crippen LogP contribution in [0.5, 0.6) is 0 Å². The second-order valence-electron chi connectivity index (χ2n) is 5.55. The van der Waals surface area contributed by atoms with E-state index in [0.29, 0.717) is 17.2 Å². The summed E-state index contributed by atoms with van der Waals surface area (Å²) in [5, 5.41) is 12.2. The Kier molecular flexibility index (Phi) is 3.00. The van der Waals surface area contributed by atoms with Gasteiger partial charge in [0.05, 0.1) is 6.04 Å². The van der Waals surface area contributed by atoms with Crippen LogP contribution in [0, 0.1) is 6.92 Å². The predicted octanol–water partition coefficient (Wildman–Crippen LogP) is 0.382. The fraction of sp³-hybridized carbons (Fsp3) is 0.357. The van der Waals surface area contributed by atoms with Crippen molar-refractivity contribution in [2.24, 2.45) is 0 Å². The fourth-order valence-corrected chi connectivity index (χ4v) is 2.58. The SMILES string of the molecule is Cc1nc(C(=O)N(C)C2CN(c3ccc4nncn4n3)C2)co1. The molecule has 0 radical (unpaired) electrons. The second-order valence-corrected chi connectivity index (χ2v) is 5.55. The molecule has 1 aliphatic rings. The third-order valence-corrected chi connectivity index (χ3v) is 4.04. The van der Waals surface area contributed by atoms with Crippen LogP contribution < -0.4 is 4.90 Å². The van der Waals surface area contributed by atoms with Crippen molar-refractivity contribution in [2.45, 2.75) is 13.0 Å². The van der Waals surface area contributed by atoms with E-state index in [1.54, 1.807) is 29.7 Å². The number of rotatable bonds is 3. The maximum Gasteiger partial charge on any atom is 0.275 e. The lowest BCUT2D eigenvalue weighted by Crippen LogP contribution is -2.60. The van der Waals surface area contributed by atoms with Gasteiger partial charge in [0.15, 0.2) is 17.2 Å². The number of likely N-dealkylation sites (N-methyl/N-ethyl adjacent to an activating group) is 1. The van der Waals surface area contributed by atoms with Gasteiger partial charge in [-0.05, 0) is 12.1 Å². The summed E-state index contributed by atoms with van der Waals surface area (Å²) in [6.07, 6.45) is 2.96. The molecule has 0 atom stereocenters. The Morgan fingerprint density at radius 1 is 1.39 bits per heavy atom. The first-order valence-electron chi connectivity index (χ1n) is 7.23. The van der Waals surface area contributed by atoms with E-state index in [-0.39, 0.29) is 11.9 Å². The Bertz CT molecular complexity index is 865. The van der Waals surface area contributed by atoms with Gasteiger partial charge in [0.25, 0.3) is 5.91 Å². The summed E-state index contributed by atoms with van der Waals surface area (Å²) in [5.41, 5.74) is 1.05. The van der Waals surface area contributed by atoms with Gasteiger partial charge in [0.1, 0.15) is 18.4 Å². The zero-order valence-electron chi connectivity index (χ0n) is 12.7. The van der Waals surface area contributed by atoms with Gasteiger partial charge in [0, 0.05) is 27.1 Å². The summed E-state index contributed by atoms with van der Waals surface area (Å²) in [6, 6.07) is 3.90. The third kappa shape index (κ3) is 2.30. The highest BCUT2D eigenvalue weighted by atomic mass is 16.3. The predicted molar refractivity (Wildman–Crippen MR) is 80.1 cm³/mol. The molecule has 1 aliphatic heterocycles. The van der Waals surface area contributed by atoms with Gasteiger partial charge in [-0.1, -0.05) is 0 Å². The summed E-state index contributed by atoms with van der Waals surface area (Å²) < 4.78 is 6.73. The zero-order valence-corrected chi connectivity index (χ0v) is 12.7. The van der Waals surface area contributed by atoms with E-state index in [1.165, 1.54) is 6.26 Å². The van der Waals surface area contributed by atoms with Crippen molar-refractivity contribution in [3.63, 3.8) is 0 Å². The lowest BCUT2D eigenvalue weighted by Gasteiger charge is -2.44. The molecule has 4 heterocycles. The van der Waals surface area contributed by atoms with Gasteiger partial charge in [-0.15, -0.1) is 15.3 Å². The smallest absolute Gasteiger partial charge is 0.275 e. The highest BCUT2D eigenvalue weighted by Gasteiger charge is 2.34. The molecule has 1 saturated heterocycles. The number of hydrogen-bond acceptors (Lipinski definition) is 7. The number of amides is 1. The normalized spacial score (nSPS) is 15.0. The molecule has 1 fully saturated rings. The number of carbonyl (C=O) groups excluding carboxylic acids is 1. The van der Waals surface area contributed by atoms with Gasteiger partial charge >= 0.3 is 0 Å². The van der Waals surface area contributed by atoms with E-state index in [9.17, 15) is 4.79 Å². The lowest BCUT2D eigenvalue weighted by molar-refractivity contribution is 0.0699. The zero-order chi connectivity index (χ0) is 16.0. The molecule has 0 bridgehead atoms.